The lowest BCUT2D eigenvalue weighted by Crippen LogP contribution is -2.09. The summed E-state index contributed by atoms with van der Waals surface area (Å²) in [7, 11) is 0. The van der Waals surface area contributed by atoms with Crippen LogP contribution in [-0.2, 0) is 0 Å². The summed E-state index contributed by atoms with van der Waals surface area (Å²) >= 11 is 1.86. The van der Waals surface area contributed by atoms with Crippen molar-refractivity contribution in [2.45, 2.75) is 0 Å². The summed E-state index contributed by atoms with van der Waals surface area (Å²) in [6, 6.07) is 73.1. The van der Waals surface area contributed by atoms with E-state index in [4.69, 9.17) is 0 Å². The molecule has 0 bridgehead atoms. The molecule has 0 saturated carbocycles. The molecule has 0 unspecified atom stereocenters. The Morgan fingerprint density at radius 1 is 0.269 bits per heavy atom. The second-order valence-electron chi connectivity index (χ2n) is 13.4. The molecule has 0 atom stereocenters. The Morgan fingerprint density at radius 2 is 0.788 bits per heavy atom. The zero-order chi connectivity index (χ0) is 34.4. The Labute approximate surface area is 307 Å². The molecule has 10 aromatic rings. The van der Waals surface area contributed by atoms with E-state index in [0.717, 1.165) is 17.1 Å². The van der Waals surface area contributed by atoms with Crippen LogP contribution in [0.15, 0.2) is 200 Å². The summed E-state index contributed by atoms with van der Waals surface area (Å²) in [5.74, 6) is 0. The molecule has 0 N–H and O–H groups in total. The predicted octanol–water partition coefficient (Wildman–Crippen LogP) is 14.8. The number of anilines is 3. The molecule has 0 aliphatic carbocycles. The number of nitrogens with zero attached hydrogens (tertiary/aromatic N) is 1. The molecule has 0 aliphatic rings. The molecule has 0 spiro atoms. The van der Waals surface area contributed by atoms with Crippen LogP contribution >= 0.6 is 11.3 Å². The minimum atomic E-state index is 1.12. The molecule has 0 fully saturated rings. The van der Waals surface area contributed by atoms with Crippen molar-refractivity contribution >= 4 is 70.1 Å². The van der Waals surface area contributed by atoms with Crippen molar-refractivity contribution in [3.8, 4) is 33.4 Å². The van der Waals surface area contributed by atoms with Gasteiger partial charge in [0.2, 0.25) is 0 Å². The average molecular weight is 680 g/mol. The molecule has 0 amide bonds. The maximum Gasteiger partial charge on any atom is 0.0476 e. The molecule has 1 nitrogen and oxygen atoms in total. The molecule has 10 rings (SSSR count). The molecule has 1 aromatic heterocycles. The van der Waals surface area contributed by atoms with Gasteiger partial charge in [0, 0.05) is 37.2 Å². The second-order valence-corrected chi connectivity index (χ2v) is 14.5. The number of hydrogen-bond acceptors (Lipinski definition) is 2. The van der Waals surface area contributed by atoms with E-state index in [2.05, 4.69) is 205 Å². The van der Waals surface area contributed by atoms with Crippen LogP contribution in [0.3, 0.4) is 0 Å². The van der Waals surface area contributed by atoms with Crippen molar-refractivity contribution in [3.05, 3.63) is 200 Å². The molecule has 9 aromatic carbocycles. The second kappa shape index (κ2) is 12.7. The van der Waals surface area contributed by atoms with Gasteiger partial charge in [-0.25, -0.2) is 0 Å². The van der Waals surface area contributed by atoms with Gasteiger partial charge in [-0.2, -0.15) is 0 Å². The van der Waals surface area contributed by atoms with Gasteiger partial charge < -0.3 is 4.90 Å². The van der Waals surface area contributed by atoms with E-state index in [-0.39, 0.29) is 0 Å². The lowest BCUT2D eigenvalue weighted by atomic mass is 9.96. The van der Waals surface area contributed by atoms with Crippen LogP contribution in [0.4, 0.5) is 17.1 Å². The van der Waals surface area contributed by atoms with Crippen LogP contribution < -0.4 is 4.90 Å². The molecule has 244 valence electrons. The van der Waals surface area contributed by atoms with Crippen LogP contribution in [0, 0.1) is 0 Å². The van der Waals surface area contributed by atoms with E-state index in [1.54, 1.807) is 0 Å². The van der Waals surface area contributed by atoms with Crippen LogP contribution in [0.1, 0.15) is 0 Å². The maximum absolute atomic E-state index is 2.39. The van der Waals surface area contributed by atoms with E-state index in [1.807, 2.05) is 11.3 Å². The topological polar surface area (TPSA) is 3.24 Å². The van der Waals surface area contributed by atoms with Gasteiger partial charge in [0.25, 0.3) is 0 Å². The zero-order valence-corrected chi connectivity index (χ0v) is 29.2. The zero-order valence-electron chi connectivity index (χ0n) is 28.4. The highest BCUT2D eigenvalue weighted by molar-refractivity contribution is 7.25. The number of fused-ring (bicyclic) bond motifs is 5. The van der Waals surface area contributed by atoms with Gasteiger partial charge in [-0.15, -0.1) is 11.3 Å². The van der Waals surface area contributed by atoms with Crippen LogP contribution in [0.5, 0.6) is 0 Å². The lowest BCUT2D eigenvalue weighted by Gasteiger charge is -2.26. The minimum absolute atomic E-state index is 1.12. The molecule has 52 heavy (non-hydrogen) atoms. The highest BCUT2D eigenvalue weighted by Crippen LogP contribution is 2.42. The van der Waals surface area contributed by atoms with Gasteiger partial charge in [0.1, 0.15) is 0 Å². The minimum Gasteiger partial charge on any atom is -0.310 e. The number of hydrogen-bond donors (Lipinski definition) is 0. The van der Waals surface area contributed by atoms with Gasteiger partial charge in [0.05, 0.1) is 0 Å². The van der Waals surface area contributed by atoms with Crippen molar-refractivity contribution < 1.29 is 0 Å². The van der Waals surface area contributed by atoms with Crippen molar-refractivity contribution in [1.29, 1.82) is 0 Å². The standard InChI is InChI=1S/C50H33NS/c1-2-9-34(10-3-1)36-21-24-44(25-22-36)51(46-27-28-48-47-15-6-7-16-49(47)52-50(48)33-46)45-26-23-37-18-20-42(31-43(37)32-45)40-14-8-13-39(30-40)41-19-17-35-11-4-5-12-38(35)29-41/h1-33H. The van der Waals surface area contributed by atoms with E-state index in [0.29, 0.717) is 0 Å². The Morgan fingerprint density at radius 3 is 1.60 bits per heavy atom. The fourth-order valence-electron chi connectivity index (χ4n) is 7.53. The summed E-state index contributed by atoms with van der Waals surface area (Å²) in [5.41, 5.74) is 10.7. The summed E-state index contributed by atoms with van der Waals surface area (Å²) in [6.45, 7) is 0. The highest BCUT2D eigenvalue weighted by Gasteiger charge is 2.16. The highest BCUT2D eigenvalue weighted by atomic mass is 32.1. The van der Waals surface area contributed by atoms with E-state index < -0.39 is 0 Å². The molecule has 0 saturated heterocycles. The summed E-state index contributed by atoms with van der Waals surface area (Å²) in [5, 5.41) is 7.57. The van der Waals surface area contributed by atoms with Gasteiger partial charge in [-0.05, 0) is 116 Å². The number of rotatable bonds is 6. The van der Waals surface area contributed by atoms with Gasteiger partial charge in [-0.1, -0.05) is 140 Å². The Balaban J connectivity index is 1.07. The molecular weight excluding hydrogens is 647 g/mol. The van der Waals surface area contributed by atoms with E-state index >= 15 is 0 Å². The van der Waals surface area contributed by atoms with Crippen molar-refractivity contribution in [2.75, 3.05) is 4.90 Å². The third-order valence-electron chi connectivity index (χ3n) is 10.2. The summed E-state index contributed by atoms with van der Waals surface area (Å²) < 4.78 is 2.61. The van der Waals surface area contributed by atoms with Gasteiger partial charge in [0.15, 0.2) is 0 Å². The van der Waals surface area contributed by atoms with Crippen LogP contribution in [-0.4, -0.2) is 0 Å². The van der Waals surface area contributed by atoms with E-state index in [1.165, 1.54) is 75.1 Å². The fraction of sp³-hybridized carbons (Fsp3) is 0. The first kappa shape index (κ1) is 30.4. The quantitative estimate of drug-likeness (QED) is 0.169. The predicted molar refractivity (Wildman–Crippen MR) is 225 cm³/mol. The van der Waals surface area contributed by atoms with Crippen molar-refractivity contribution in [1.82, 2.24) is 0 Å². The normalized spacial score (nSPS) is 11.5. The summed E-state index contributed by atoms with van der Waals surface area (Å²) in [4.78, 5) is 2.39. The van der Waals surface area contributed by atoms with Crippen LogP contribution in [0.2, 0.25) is 0 Å². The van der Waals surface area contributed by atoms with Crippen molar-refractivity contribution in [2.24, 2.45) is 0 Å². The number of thiophene rings is 1. The van der Waals surface area contributed by atoms with Crippen molar-refractivity contribution in [3.63, 3.8) is 0 Å². The molecule has 2 heteroatoms. The first-order chi connectivity index (χ1) is 25.7. The first-order valence-corrected chi connectivity index (χ1v) is 18.6. The lowest BCUT2D eigenvalue weighted by molar-refractivity contribution is 1.30. The first-order valence-electron chi connectivity index (χ1n) is 17.7. The van der Waals surface area contributed by atoms with Crippen LogP contribution in [0.25, 0.3) is 75.1 Å². The monoisotopic (exact) mass is 679 g/mol. The van der Waals surface area contributed by atoms with E-state index in [9.17, 15) is 0 Å². The molecule has 0 radical (unpaired) electrons. The number of benzene rings is 9. The SMILES string of the molecule is c1ccc(-c2ccc(N(c3ccc4ccc(-c5cccc(-c6ccc7ccccc7c6)c5)cc4c3)c3ccc4c(c3)sc3ccccc34)cc2)cc1. The third-order valence-corrected chi connectivity index (χ3v) is 11.3. The Kier molecular flexibility index (Phi) is 7.41. The largest absolute Gasteiger partial charge is 0.310 e. The molecular formula is C50H33NS. The smallest absolute Gasteiger partial charge is 0.0476 e. The molecule has 1 heterocycles. The Bertz CT molecular complexity index is 2900. The summed E-state index contributed by atoms with van der Waals surface area (Å²) in [6.07, 6.45) is 0. The fourth-order valence-corrected chi connectivity index (χ4v) is 8.67. The third kappa shape index (κ3) is 5.51. The maximum atomic E-state index is 2.39. The van der Waals surface area contributed by atoms with Gasteiger partial charge >= 0.3 is 0 Å². The Hall–Kier alpha value is -6.48. The average Bonchev–Trinajstić information content (AvgIpc) is 3.59. The molecule has 0 aliphatic heterocycles. The van der Waals surface area contributed by atoms with Gasteiger partial charge in [-0.3, -0.25) is 0 Å².